The number of nitrogens with zero attached hydrogens (tertiary/aromatic N) is 1. The molecule has 130 valence electrons. The van der Waals surface area contributed by atoms with Crippen molar-refractivity contribution < 1.29 is 9.66 Å². The van der Waals surface area contributed by atoms with Crippen molar-refractivity contribution in [3.05, 3.63) is 80.9 Å². The summed E-state index contributed by atoms with van der Waals surface area (Å²) in [7, 11) is 0. The second kappa shape index (κ2) is 6.78. The minimum absolute atomic E-state index is 0.0776. The van der Waals surface area contributed by atoms with Crippen LogP contribution in [0, 0.1) is 10.1 Å². The third-order valence-electron chi connectivity index (χ3n) is 4.33. The number of hydrogen-bond donors (Lipinski definition) is 0. The zero-order chi connectivity index (χ0) is 18.2. The molecule has 0 bridgehead atoms. The number of benzene rings is 2. The quantitative estimate of drug-likeness (QED) is 0.349. The van der Waals surface area contributed by atoms with Gasteiger partial charge < -0.3 is 4.74 Å². The largest absolute Gasteiger partial charge is 0.477 e. The third kappa shape index (κ3) is 3.71. The molecule has 25 heavy (non-hydrogen) atoms. The number of rotatable bonds is 3. The molecule has 1 heterocycles. The Balaban J connectivity index is 2.05. The van der Waals surface area contributed by atoms with Crippen LogP contribution >= 0.6 is 22.6 Å². The topological polar surface area (TPSA) is 52.4 Å². The molecule has 3 rings (SSSR count). The van der Waals surface area contributed by atoms with Crippen molar-refractivity contribution in [1.29, 1.82) is 0 Å². The Morgan fingerprint density at radius 1 is 1.12 bits per heavy atom. The molecule has 4 nitrogen and oxygen atoms in total. The molecule has 0 aliphatic carbocycles. The molecule has 1 atom stereocenters. The average Bonchev–Trinajstić information content (AvgIpc) is 2.56. The van der Waals surface area contributed by atoms with Gasteiger partial charge in [0, 0.05) is 16.1 Å². The lowest BCUT2D eigenvalue weighted by molar-refractivity contribution is -0.491. The summed E-state index contributed by atoms with van der Waals surface area (Å²) in [5.74, 6) is 0.714. The number of halogens is 1. The first-order valence-electron chi connectivity index (χ1n) is 8.16. The van der Waals surface area contributed by atoms with Crippen LogP contribution in [0.25, 0.3) is 9.34 Å². The highest BCUT2D eigenvalue weighted by atomic mass is 127. The number of hydrogen-bond acceptors (Lipinski definition) is 3. The van der Waals surface area contributed by atoms with Gasteiger partial charge in [0.15, 0.2) is 6.10 Å². The van der Waals surface area contributed by atoms with Gasteiger partial charge in [-0.2, -0.15) is 0 Å². The Morgan fingerprint density at radius 2 is 1.76 bits per heavy atom. The van der Waals surface area contributed by atoms with Crippen molar-refractivity contribution in [2.75, 3.05) is 6.54 Å². The van der Waals surface area contributed by atoms with Crippen LogP contribution in [-0.4, -0.2) is 11.5 Å². The number of fused-ring (bicyclic) bond motifs is 1. The first-order chi connectivity index (χ1) is 11.8. The molecule has 0 fully saturated rings. The predicted molar refractivity (Wildman–Crippen MR) is 108 cm³/mol. The normalized spacial score (nSPS) is 17.0. The van der Waals surface area contributed by atoms with E-state index in [1.165, 1.54) is 5.56 Å². The zero-order valence-electron chi connectivity index (χ0n) is 14.5. The van der Waals surface area contributed by atoms with Gasteiger partial charge in [-0.1, -0.05) is 69.3 Å². The lowest BCUT2D eigenvalue weighted by Gasteiger charge is -2.27. The van der Waals surface area contributed by atoms with Crippen LogP contribution in [0.2, 0.25) is 0 Å². The van der Waals surface area contributed by atoms with E-state index in [0.717, 1.165) is 20.3 Å². The second-order valence-electron chi connectivity index (χ2n) is 7.18. The van der Waals surface area contributed by atoms with Crippen molar-refractivity contribution >= 4 is 31.9 Å². The summed E-state index contributed by atoms with van der Waals surface area (Å²) in [5.41, 5.74) is 4.15. The maximum atomic E-state index is 11.1. The average molecular weight is 449 g/mol. The molecule has 2 aromatic rings. The van der Waals surface area contributed by atoms with Crippen LogP contribution in [0.4, 0.5) is 0 Å². The van der Waals surface area contributed by atoms with Gasteiger partial charge in [0.2, 0.25) is 6.54 Å². The van der Waals surface area contributed by atoms with Gasteiger partial charge in [-0.25, -0.2) is 0 Å². The molecule has 0 aromatic heterocycles. The van der Waals surface area contributed by atoms with Crippen molar-refractivity contribution in [3.63, 3.8) is 0 Å². The van der Waals surface area contributed by atoms with Gasteiger partial charge in [-0.05, 0) is 39.1 Å². The van der Waals surface area contributed by atoms with E-state index >= 15 is 0 Å². The maximum absolute atomic E-state index is 11.1. The summed E-state index contributed by atoms with van der Waals surface area (Å²) in [6.07, 6.45) is -0.568. The van der Waals surface area contributed by atoms with Crippen LogP contribution in [0.1, 0.15) is 49.1 Å². The summed E-state index contributed by atoms with van der Waals surface area (Å²) in [6.45, 7) is 6.27. The maximum Gasteiger partial charge on any atom is 0.244 e. The fourth-order valence-corrected chi connectivity index (χ4v) is 3.87. The molecular formula is C20H20INO3. The Morgan fingerprint density at radius 3 is 2.36 bits per heavy atom. The van der Waals surface area contributed by atoms with E-state index in [1.54, 1.807) is 0 Å². The lowest BCUT2D eigenvalue weighted by atomic mass is 9.86. The van der Waals surface area contributed by atoms with Crippen molar-refractivity contribution in [3.8, 4) is 0 Å². The summed E-state index contributed by atoms with van der Waals surface area (Å²) in [4.78, 5) is 10.7. The van der Waals surface area contributed by atoms with Gasteiger partial charge in [0.05, 0.1) is 3.58 Å². The standard InChI is InChI=1S/C20H20INO3/c1-20(2,3)14-10-8-13(9-11-14)19-18(21)16-7-5-4-6-15(16)17(25-19)12-22(23)24/h4-11,17H,12H2,1-3H3. The van der Waals surface area contributed by atoms with Crippen molar-refractivity contribution in [2.24, 2.45) is 0 Å². The van der Waals surface area contributed by atoms with Crippen LogP contribution in [0.15, 0.2) is 48.5 Å². The van der Waals surface area contributed by atoms with E-state index in [2.05, 4.69) is 55.5 Å². The highest BCUT2D eigenvalue weighted by molar-refractivity contribution is 14.1. The van der Waals surface area contributed by atoms with E-state index in [4.69, 9.17) is 4.74 Å². The first-order valence-corrected chi connectivity index (χ1v) is 9.23. The minimum atomic E-state index is -0.568. The second-order valence-corrected chi connectivity index (χ2v) is 8.26. The Kier molecular flexibility index (Phi) is 4.86. The fraction of sp³-hybridized carbons (Fsp3) is 0.300. The summed E-state index contributed by atoms with van der Waals surface area (Å²) >= 11 is 2.27. The van der Waals surface area contributed by atoms with E-state index in [-0.39, 0.29) is 16.9 Å². The molecule has 1 aliphatic heterocycles. The zero-order valence-corrected chi connectivity index (χ0v) is 16.6. The Bertz CT molecular complexity index is 835. The molecule has 0 radical (unpaired) electrons. The van der Waals surface area contributed by atoms with Crippen LogP contribution in [-0.2, 0) is 10.2 Å². The van der Waals surface area contributed by atoms with E-state index in [9.17, 15) is 10.1 Å². The molecule has 0 N–H and O–H groups in total. The summed E-state index contributed by atoms with van der Waals surface area (Å²) < 4.78 is 7.06. The van der Waals surface area contributed by atoms with Crippen LogP contribution in [0.3, 0.4) is 0 Å². The van der Waals surface area contributed by atoms with E-state index in [0.29, 0.717) is 5.76 Å². The SMILES string of the molecule is CC(C)(C)c1ccc(C2=C(I)c3ccccc3C(C[N+](=O)[O-])O2)cc1. The molecule has 0 amide bonds. The lowest BCUT2D eigenvalue weighted by Crippen LogP contribution is -2.20. The molecular weight excluding hydrogens is 429 g/mol. The minimum Gasteiger partial charge on any atom is -0.477 e. The van der Waals surface area contributed by atoms with Crippen LogP contribution in [0.5, 0.6) is 0 Å². The Hall–Kier alpha value is -1.89. The fourth-order valence-electron chi connectivity index (χ4n) is 2.94. The van der Waals surface area contributed by atoms with Gasteiger partial charge in [-0.3, -0.25) is 10.1 Å². The molecule has 0 saturated carbocycles. The predicted octanol–water partition coefficient (Wildman–Crippen LogP) is 5.59. The van der Waals surface area contributed by atoms with Crippen molar-refractivity contribution in [1.82, 2.24) is 0 Å². The van der Waals surface area contributed by atoms with Gasteiger partial charge >= 0.3 is 0 Å². The summed E-state index contributed by atoms with van der Waals surface area (Å²) in [6, 6.07) is 16.0. The first kappa shape index (κ1) is 17.9. The number of nitro groups is 1. The smallest absolute Gasteiger partial charge is 0.244 e. The summed E-state index contributed by atoms with van der Waals surface area (Å²) in [5, 5.41) is 11.1. The van der Waals surface area contributed by atoms with Gasteiger partial charge in [0.25, 0.3) is 0 Å². The van der Waals surface area contributed by atoms with E-state index in [1.807, 2.05) is 36.4 Å². The van der Waals surface area contributed by atoms with Crippen LogP contribution < -0.4 is 0 Å². The Labute approximate surface area is 161 Å². The number of ether oxygens (including phenoxy) is 1. The molecule has 5 heteroatoms. The molecule has 1 aliphatic rings. The molecule has 2 aromatic carbocycles. The highest BCUT2D eigenvalue weighted by Crippen LogP contribution is 2.44. The van der Waals surface area contributed by atoms with Crippen molar-refractivity contribution in [2.45, 2.75) is 32.3 Å². The molecule has 0 saturated heterocycles. The monoisotopic (exact) mass is 449 g/mol. The highest BCUT2D eigenvalue weighted by Gasteiger charge is 2.31. The molecule has 0 spiro atoms. The third-order valence-corrected chi connectivity index (χ3v) is 5.40. The van der Waals surface area contributed by atoms with Gasteiger partial charge in [-0.15, -0.1) is 0 Å². The van der Waals surface area contributed by atoms with E-state index < -0.39 is 6.10 Å². The molecule has 1 unspecified atom stereocenters. The van der Waals surface area contributed by atoms with Gasteiger partial charge in [0.1, 0.15) is 5.76 Å².